The van der Waals surface area contributed by atoms with E-state index >= 15 is 0 Å². The Morgan fingerprint density at radius 2 is 1.93 bits per heavy atom. The molecule has 6 heteroatoms. The number of hydrogen-bond acceptors (Lipinski definition) is 3. The minimum Gasteiger partial charge on any atom is -0.426 e. The van der Waals surface area contributed by atoms with Gasteiger partial charge in [0.25, 0.3) is 0 Å². The molecule has 0 unspecified atom stereocenters. The largest absolute Gasteiger partial charge is 0.472 e. The summed E-state index contributed by atoms with van der Waals surface area (Å²) in [4.78, 5) is 11.1. The fraction of sp³-hybridized carbons (Fsp3) is 0.125. The van der Waals surface area contributed by atoms with Gasteiger partial charge in [-0.15, -0.1) is 0 Å². The number of nitrogens with one attached hydrogen (secondary N) is 2. The number of rotatable bonds is 3. The number of anilines is 1. The molecule has 5 nitrogen and oxygen atoms in total. The van der Waals surface area contributed by atoms with Gasteiger partial charge >= 0.3 is 13.1 Å². The molecular formula is C8H11BN2O3. The van der Waals surface area contributed by atoms with Crippen LogP contribution in [0, 0.1) is 0 Å². The van der Waals surface area contributed by atoms with Gasteiger partial charge in [0.1, 0.15) is 0 Å². The van der Waals surface area contributed by atoms with Crippen molar-refractivity contribution >= 4 is 18.8 Å². The molecule has 0 aliphatic heterocycles. The molecule has 1 aromatic rings. The maximum atomic E-state index is 11.1. The van der Waals surface area contributed by atoms with Crippen molar-refractivity contribution in [2.24, 2.45) is 0 Å². The van der Waals surface area contributed by atoms with Gasteiger partial charge in [-0.1, -0.05) is 18.2 Å². The Labute approximate surface area is 81.9 Å². The standard InChI is InChI=1S/C8H11BN2O3/c12-8(10-6-9(13)14)11-7-4-2-1-3-5-7/h1-5,13-14H,6H2,(H2,10,11,12). The Bertz CT molecular complexity index is 292. The second-order valence-electron chi connectivity index (χ2n) is 2.68. The minimum absolute atomic E-state index is 0.196. The molecule has 0 fully saturated rings. The lowest BCUT2D eigenvalue weighted by Gasteiger charge is -2.06. The molecule has 0 saturated carbocycles. The summed E-state index contributed by atoms with van der Waals surface area (Å²) in [5, 5.41) is 21.8. The van der Waals surface area contributed by atoms with E-state index in [1.165, 1.54) is 0 Å². The Balaban J connectivity index is 2.35. The van der Waals surface area contributed by atoms with Crippen LogP contribution in [0.5, 0.6) is 0 Å². The predicted octanol–water partition coefficient (Wildman–Crippen LogP) is -0.180. The highest BCUT2D eigenvalue weighted by Crippen LogP contribution is 2.03. The predicted molar refractivity (Wildman–Crippen MR) is 53.7 cm³/mol. The van der Waals surface area contributed by atoms with Gasteiger partial charge < -0.3 is 20.7 Å². The highest BCUT2D eigenvalue weighted by Gasteiger charge is 2.08. The van der Waals surface area contributed by atoms with Crippen molar-refractivity contribution in [3.8, 4) is 0 Å². The fourth-order valence-corrected chi connectivity index (χ4v) is 0.881. The first-order valence-corrected chi connectivity index (χ1v) is 4.14. The van der Waals surface area contributed by atoms with Crippen molar-refractivity contribution in [2.45, 2.75) is 0 Å². The van der Waals surface area contributed by atoms with Crippen LogP contribution >= 0.6 is 0 Å². The van der Waals surface area contributed by atoms with Crippen LogP contribution in [0.3, 0.4) is 0 Å². The molecule has 0 aliphatic carbocycles. The van der Waals surface area contributed by atoms with Crippen LogP contribution in [-0.4, -0.2) is 29.6 Å². The van der Waals surface area contributed by atoms with Gasteiger partial charge in [-0.3, -0.25) is 0 Å². The number of benzene rings is 1. The molecule has 2 amide bonds. The summed E-state index contributed by atoms with van der Waals surface area (Å²) in [7, 11) is -1.53. The summed E-state index contributed by atoms with van der Waals surface area (Å²) in [6.07, 6.45) is -0.196. The summed E-state index contributed by atoms with van der Waals surface area (Å²) in [5.41, 5.74) is 0.650. The van der Waals surface area contributed by atoms with Crippen molar-refractivity contribution in [3.05, 3.63) is 30.3 Å². The molecule has 0 aliphatic rings. The third-order valence-electron chi connectivity index (χ3n) is 1.48. The van der Waals surface area contributed by atoms with E-state index in [0.717, 1.165) is 0 Å². The lowest BCUT2D eigenvalue weighted by Crippen LogP contribution is -2.37. The molecule has 0 heterocycles. The minimum atomic E-state index is -1.53. The number of amides is 2. The normalized spacial score (nSPS) is 9.29. The quantitative estimate of drug-likeness (QED) is 0.503. The average molecular weight is 194 g/mol. The Morgan fingerprint density at radius 1 is 1.29 bits per heavy atom. The second kappa shape index (κ2) is 5.26. The number of hydrogen-bond donors (Lipinski definition) is 4. The first-order valence-electron chi connectivity index (χ1n) is 4.14. The third-order valence-corrected chi connectivity index (χ3v) is 1.48. The molecule has 0 spiro atoms. The average Bonchev–Trinajstić information content (AvgIpc) is 2.16. The Kier molecular flexibility index (Phi) is 3.96. The van der Waals surface area contributed by atoms with Crippen LogP contribution in [-0.2, 0) is 0 Å². The first-order chi connectivity index (χ1) is 6.68. The molecular weight excluding hydrogens is 183 g/mol. The molecule has 1 rings (SSSR count). The van der Waals surface area contributed by atoms with Gasteiger partial charge in [0.2, 0.25) is 0 Å². The summed E-state index contributed by atoms with van der Waals surface area (Å²) in [6.45, 7) is 0. The van der Waals surface area contributed by atoms with Crippen LogP contribution in [0.4, 0.5) is 10.5 Å². The molecule has 1 aromatic carbocycles. The Hall–Kier alpha value is -1.53. The molecule has 4 N–H and O–H groups in total. The van der Waals surface area contributed by atoms with Crippen molar-refractivity contribution in [1.82, 2.24) is 5.32 Å². The zero-order valence-electron chi connectivity index (χ0n) is 7.47. The number of para-hydroxylation sites is 1. The van der Waals surface area contributed by atoms with E-state index in [1.54, 1.807) is 24.3 Å². The van der Waals surface area contributed by atoms with E-state index in [0.29, 0.717) is 5.69 Å². The van der Waals surface area contributed by atoms with Crippen molar-refractivity contribution in [2.75, 3.05) is 11.8 Å². The summed E-state index contributed by atoms with van der Waals surface area (Å²) >= 11 is 0. The van der Waals surface area contributed by atoms with Gasteiger partial charge in [0, 0.05) is 5.69 Å². The van der Waals surface area contributed by atoms with Gasteiger partial charge in [-0.2, -0.15) is 0 Å². The second-order valence-corrected chi connectivity index (χ2v) is 2.68. The van der Waals surface area contributed by atoms with Crippen LogP contribution in [0.25, 0.3) is 0 Å². The van der Waals surface area contributed by atoms with Crippen molar-refractivity contribution < 1.29 is 14.8 Å². The molecule has 0 atom stereocenters. The molecule has 14 heavy (non-hydrogen) atoms. The summed E-state index contributed by atoms with van der Waals surface area (Å²) in [6, 6.07) is 8.40. The SMILES string of the molecule is O=C(NCB(O)O)Nc1ccccc1. The number of carbonyl (C=O) groups excluding carboxylic acids is 1. The first kappa shape index (κ1) is 10.6. The molecule has 0 saturated heterocycles. The highest BCUT2D eigenvalue weighted by molar-refractivity contribution is 6.41. The maximum absolute atomic E-state index is 11.1. The van der Waals surface area contributed by atoms with E-state index in [2.05, 4.69) is 10.6 Å². The van der Waals surface area contributed by atoms with Crippen LogP contribution in [0.1, 0.15) is 0 Å². The van der Waals surface area contributed by atoms with E-state index in [4.69, 9.17) is 10.0 Å². The van der Waals surface area contributed by atoms with E-state index in [9.17, 15) is 4.79 Å². The monoisotopic (exact) mass is 194 g/mol. The van der Waals surface area contributed by atoms with E-state index < -0.39 is 13.1 Å². The van der Waals surface area contributed by atoms with Crippen molar-refractivity contribution in [3.63, 3.8) is 0 Å². The number of carbonyl (C=O) groups is 1. The topological polar surface area (TPSA) is 81.6 Å². The van der Waals surface area contributed by atoms with Gasteiger partial charge in [0.15, 0.2) is 0 Å². The number of urea groups is 1. The summed E-state index contributed by atoms with van der Waals surface area (Å²) in [5.74, 6) is 0. The third kappa shape index (κ3) is 3.93. The fourth-order valence-electron chi connectivity index (χ4n) is 0.881. The van der Waals surface area contributed by atoms with Gasteiger partial charge in [0.05, 0.1) is 6.44 Å². The van der Waals surface area contributed by atoms with Crippen LogP contribution in [0.2, 0.25) is 0 Å². The highest BCUT2D eigenvalue weighted by atomic mass is 16.4. The zero-order valence-corrected chi connectivity index (χ0v) is 7.47. The van der Waals surface area contributed by atoms with E-state index in [1.807, 2.05) is 6.07 Å². The summed E-state index contributed by atoms with van der Waals surface area (Å²) < 4.78 is 0. The van der Waals surface area contributed by atoms with Gasteiger partial charge in [-0.05, 0) is 12.1 Å². The Morgan fingerprint density at radius 3 is 2.50 bits per heavy atom. The van der Waals surface area contributed by atoms with Crippen molar-refractivity contribution in [1.29, 1.82) is 0 Å². The van der Waals surface area contributed by atoms with Gasteiger partial charge in [-0.25, -0.2) is 4.79 Å². The van der Waals surface area contributed by atoms with E-state index in [-0.39, 0.29) is 6.44 Å². The maximum Gasteiger partial charge on any atom is 0.472 e. The molecule has 0 aromatic heterocycles. The lowest BCUT2D eigenvalue weighted by molar-refractivity contribution is 0.252. The smallest absolute Gasteiger partial charge is 0.426 e. The molecule has 0 radical (unpaired) electrons. The molecule has 74 valence electrons. The van der Waals surface area contributed by atoms with Crippen LogP contribution < -0.4 is 10.6 Å². The van der Waals surface area contributed by atoms with Crippen LogP contribution in [0.15, 0.2) is 30.3 Å². The lowest BCUT2D eigenvalue weighted by atomic mass is 9.93. The molecule has 0 bridgehead atoms. The zero-order chi connectivity index (χ0) is 10.4.